The average molecular weight is 187 g/mol. The van der Waals surface area contributed by atoms with Gasteiger partial charge in [-0.15, -0.1) is 0 Å². The van der Waals surface area contributed by atoms with Gasteiger partial charge in [-0.05, 0) is 6.07 Å². The van der Waals surface area contributed by atoms with Crippen molar-refractivity contribution in [2.75, 3.05) is 0 Å². The number of aromatic amines is 1. The number of H-pyrrole nitrogens is 1. The third-order valence-electron chi connectivity index (χ3n) is 2.38. The van der Waals surface area contributed by atoms with Crippen molar-refractivity contribution in [3.63, 3.8) is 0 Å². The summed E-state index contributed by atoms with van der Waals surface area (Å²) in [6, 6.07) is 7.86. The van der Waals surface area contributed by atoms with Crippen LogP contribution in [-0.2, 0) is 0 Å². The lowest BCUT2D eigenvalue weighted by atomic mass is 10.0. The molecule has 2 heteroatoms. The SMILES string of the molecule is CC(C)C(=O)c1c[nH]c2ccccc12. The van der Waals surface area contributed by atoms with Crippen LogP contribution in [0.3, 0.4) is 0 Å². The number of hydrogen-bond donors (Lipinski definition) is 1. The molecule has 0 atom stereocenters. The minimum atomic E-state index is 0.0502. The molecule has 0 radical (unpaired) electrons. The summed E-state index contributed by atoms with van der Waals surface area (Å²) in [7, 11) is 0. The van der Waals surface area contributed by atoms with E-state index in [0.29, 0.717) is 0 Å². The van der Waals surface area contributed by atoms with Crippen LogP contribution in [0.25, 0.3) is 10.9 Å². The van der Waals surface area contributed by atoms with Crippen LogP contribution in [0.4, 0.5) is 0 Å². The van der Waals surface area contributed by atoms with Crippen LogP contribution in [0.5, 0.6) is 0 Å². The van der Waals surface area contributed by atoms with Gasteiger partial charge in [0.2, 0.25) is 0 Å². The van der Waals surface area contributed by atoms with E-state index in [9.17, 15) is 4.79 Å². The lowest BCUT2D eigenvalue weighted by Gasteiger charge is -2.01. The normalized spacial score (nSPS) is 11.1. The number of hydrogen-bond acceptors (Lipinski definition) is 1. The second-order valence-electron chi connectivity index (χ2n) is 3.77. The van der Waals surface area contributed by atoms with Gasteiger partial charge in [0.1, 0.15) is 0 Å². The highest BCUT2D eigenvalue weighted by Crippen LogP contribution is 2.20. The van der Waals surface area contributed by atoms with E-state index in [-0.39, 0.29) is 11.7 Å². The molecule has 0 unspecified atom stereocenters. The van der Waals surface area contributed by atoms with Gasteiger partial charge < -0.3 is 4.98 Å². The van der Waals surface area contributed by atoms with Gasteiger partial charge in [0.05, 0.1) is 0 Å². The maximum Gasteiger partial charge on any atom is 0.167 e. The van der Waals surface area contributed by atoms with E-state index in [4.69, 9.17) is 0 Å². The molecule has 0 bridgehead atoms. The van der Waals surface area contributed by atoms with Crippen molar-refractivity contribution in [1.82, 2.24) is 4.98 Å². The van der Waals surface area contributed by atoms with E-state index in [1.165, 1.54) is 0 Å². The maximum atomic E-state index is 11.8. The third-order valence-corrected chi connectivity index (χ3v) is 2.38. The molecule has 1 heterocycles. The monoisotopic (exact) mass is 187 g/mol. The van der Waals surface area contributed by atoms with Crippen LogP contribution in [0, 0.1) is 5.92 Å². The average Bonchev–Trinajstić information content (AvgIpc) is 2.60. The van der Waals surface area contributed by atoms with Gasteiger partial charge in [0.15, 0.2) is 5.78 Å². The first kappa shape index (κ1) is 9.00. The lowest BCUT2D eigenvalue weighted by Crippen LogP contribution is -2.06. The molecule has 1 N–H and O–H groups in total. The second-order valence-corrected chi connectivity index (χ2v) is 3.77. The smallest absolute Gasteiger partial charge is 0.167 e. The molecule has 1 aromatic carbocycles. The Balaban J connectivity index is 2.58. The zero-order valence-corrected chi connectivity index (χ0v) is 8.37. The van der Waals surface area contributed by atoms with Gasteiger partial charge in [-0.3, -0.25) is 4.79 Å². The number of carbonyl (C=O) groups excluding carboxylic acids is 1. The summed E-state index contributed by atoms with van der Waals surface area (Å²) >= 11 is 0. The highest BCUT2D eigenvalue weighted by Gasteiger charge is 2.14. The first-order valence-corrected chi connectivity index (χ1v) is 4.80. The molecule has 0 saturated carbocycles. The Hall–Kier alpha value is -1.57. The minimum Gasteiger partial charge on any atom is -0.360 e. The summed E-state index contributed by atoms with van der Waals surface area (Å²) in [5.41, 5.74) is 1.83. The van der Waals surface area contributed by atoms with Crippen molar-refractivity contribution in [2.24, 2.45) is 5.92 Å². The molecule has 72 valence electrons. The number of aromatic nitrogens is 1. The second kappa shape index (κ2) is 3.29. The highest BCUT2D eigenvalue weighted by molar-refractivity contribution is 6.08. The van der Waals surface area contributed by atoms with Crippen LogP contribution in [0.2, 0.25) is 0 Å². The van der Waals surface area contributed by atoms with Crippen molar-refractivity contribution in [3.05, 3.63) is 36.0 Å². The zero-order chi connectivity index (χ0) is 10.1. The van der Waals surface area contributed by atoms with Crippen LogP contribution >= 0.6 is 0 Å². The van der Waals surface area contributed by atoms with Gasteiger partial charge in [0, 0.05) is 28.6 Å². The number of ketones is 1. The number of rotatable bonds is 2. The Morgan fingerprint density at radius 1 is 1.29 bits per heavy atom. The number of fused-ring (bicyclic) bond motifs is 1. The molecule has 0 saturated heterocycles. The van der Waals surface area contributed by atoms with Crippen molar-refractivity contribution in [3.8, 4) is 0 Å². The predicted octanol–water partition coefficient (Wildman–Crippen LogP) is 3.01. The maximum absolute atomic E-state index is 11.8. The largest absolute Gasteiger partial charge is 0.360 e. The number of para-hydroxylation sites is 1. The van der Waals surface area contributed by atoms with Crippen molar-refractivity contribution in [1.29, 1.82) is 0 Å². The Kier molecular flexibility index (Phi) is 2.12. The zero-order valence-electron chi connectivity index (χ0n) is 8.37. The summed E-state index contributed by atoms with van der Waals surface area (Å²) in [4.78, 5) is 14.9. The fraction of sp³-hybridized carbons (Fsp3) is 0.250. The number of carbonyl (C=O) groups is 1. The standard InChI is InChI=1S/C12H13NO/c1-8(2)12(14)10-7-13-11-6-4-3-5-9(10)11/h3-8,13H,1-2H3. The van der Waals surface area contributed by atoms with E-state index < -0.39 is 0 Å². The van der Waals surface area contributed by atoms with Crippen molar-refractivity contribution in [2.45, 2.75) is 13.8 Å². The van der Waals surface area contributed by atoms with Gasteiger partial charge in [-0.25, -0.2) is 0 Å². The van der Waals surface area contributed by atoms with Crippen LogP contribution in [0.1, 0.15) is 24.2 Å². The topological polar surface area (TPSA) is 32.9 Å². The molecular formula is C12H13NO. The van der Waals surface area contributed by atoms with E-state index in [1.54, 1.807) is 6.20 Å². The fourth-order valence-electron chi connectivity index (χ4n) is 1.59. The van der Waals surface area contributed by atoms with Crippen LogP contribution < -0.4 is 0 Å². The molecule has 14 heavy (non-hydrogen) atoms. The van der Waals surface area contributed by atoms with Crippen LogP contribution in [-0.4, -0.2) is 10.8 Å². The Labute approximate surface area is 82.9 Å². The van der Waals surface area contributed by atoms with Gasteiger partial charge >= 0.3 is 0 Å². The van der Waals surface area contributed by atoms with Gasteiger partial charge in [-0.2, -0.15) is 0 Å². The Morgan fingerprint density at radius 2 is 2.00 bits per heavy atom. The molecular weight excluding hydrogens is 174 g/mol. The highest BCUT2D eigenvalue weighted by atomic mass is 16.1. The quantitative estimate of drug-likeness (QED) is 0.720. The Bertz CT molecular complexity index is 468. The molecule has 0 aliphatic heterocycles. The summed E-state index contributed by atoms with van der Waals surface area (Å²) in [6.07, 6.45) is 1.80. The lowest BCUT2D eigenvalue weighted by molar-refractivity contribution is 0.0941. The van der Waals surface area contributed by atoms with Gasteiger partial charge in [0.25, 0.3) is 0 Å². The first-order valence-electron chi connectivity index (χ1n) is 4.80. The summed E-state index contributed by atoms with van der Waals surface area (Å²) < 4.78 is 0. The number of benzene rings is 1. The fourth-order valence-corrected chi connectivity index (χ4v) is 1.59. The summed E-state index contributed by atoms with van der Waals surface area (Å²) in [6.45, 7) is 3.84. The number of Topliss-reactive ketones (excluding diaryl/α,β-unsaturated/α-hetero) is 1. The van der Waals surface area contributed by atoms with E-state index in [0.717, 1.165) is 16.5 Å². The first-order chi connectivity index (χ1) is 6.70. The van der Waals surface area contributed by atoms with E-state index in [2.05, 4.69) is 4.98 Å². The van der Waals surface area contributed by atoms with Crippen LogP contribution in [0.15, 0.2) is 30.5 Å². The molecule has 2 nitrogen and oxygen atoms in total. The molecule has 0 aliphatic carbocycles. The van der Waals surface area contributed by atoms with E-state index in [1.807, 2.05) is 38.1 Å². The molecule has 2 rings (SSSR count). The van der Waals surface area contributed by atoms with E-state index >= 15 is 0 Å². The van der Waals surface area contributed by atoms with Crippen molar-refractivity contribution < 1.29 is 4.79 Å². The summed E-state index contributed by atoms with van der Waals surface area (Å²) in [5, 5.41) is 1.02. The molecule has 0 amide bonds. The molecule has 0 aliphatic rings. The minimum absolute atomic E-state index is 0.0502. The number of nitrogens with one attached hydrogen (secondary N) is 1. The van der Waals surface area contributed by atoms with Gasteiger partial charge in [-0.1, -0.05) is 32.0 Å². The molecule has 1 aromatic heterocycles. The third kappa shape index (κ3) is 1.33. The Morgan fingerprint density at radius 3 is 2.71 bits per heavy atom. The molecule has 0 spiro atoms. The summed E-state index contributed by atoms with van der Waals surface area (Å²) in [5.74, 6) is 0.247. The van der Waals surface area contributed by atoms with Crippen molar-refractivity contribution >= 4 is 16.7 Å². The predicted molar refractivity (Wildman–Crippen MR) is 57.5 cm³/mol. The molecule has 0 fully saturated rings. The molecule has 2 aromatic rings.